The summed E-state index contributed by atoms with van der Waals surface area (Å²) >= 11 is 1.66. The van der Waals surface area contributed by atoms with Crippen LogP contribution in [0.5, 0.6) is 0 Å². The van der Waals surface area contributed by atoms with E-state index >= 15 is 0 Å². The molecular formula is C16H21N3OS. The number of hydrogen-bond donors (Lipinski definition) is 1. The number of benzene rings is 1. The summed E-state index contributed by atoms with van der Waals surface area (Å²) in [5, 5.41) is 3.90. The molecular weight excluding hydrogens is 282 g/mol. The van der Waals surface area contributed by atoms with Crippen molar-refractivity contribution in [2.75, 3.05) is 20.6 Å². The Morgan fingerprint density at radius 1 is 1.38 bits per heavy atom. The van der Waals surface area contributed by atoms with Crippen LogP contribution in [0.4, 0.5) is 0 Å². The fraction of sp³-hybridized carbons (Fsp3) is 0.375. The van der Waals surface area contributed by atoms with E-state index in [1.165, 1.54) is 0 Å². The van der Waals surface area contributed by atoms with Crippen LogP contribution in [0, 0.1) is 6.92 Å². The average molecular weight is 303 g/mol. The Hall–Kier alpha value is -1.72. The zero-order chi connectivity index (χ0) is 15.4. The van der Waals surface area contributed by atoms with E-state index in [2.05, 4.69) is 22.4 Å². The van der Waals surface area contributed by atoms with Gasteiger partial charge in [-0.25, -0.2) is 4.98 Å². The third kappa shape index (κ3) is 3.49. The lowest BCUT2D eigenvalue weighted by Crippen LogP contribution is -2.35. The van der Waals surface area contributed by atoms with Gasteiger partial charge in [-0.1, -0.05) is 30.3 Å². The summed E-state index contributed by atoms with van der Waals surface area (Å²) in [6.07, 6.45) is 0. The van der Waals surface area contributed by atoms with Gasteiger partial charge in [0, 0.05) is 12.6 Å². The quantitative estimate of drug-likeness (QED) is 0.924. The normalized spacial score (nSPS) is 12.2. The lowest BCUT2D eigenvalue weighted by molar-refractivity contribution is -0.130. The molecule has 0 spiro atoms. The van der Waals surface area contributed by atoms with Gasteiger partial charge >= 0.3 is 0 Å². The first-order chi connectivity index (χ1) is 10.0. The summed E-state index contributed by atoms with van der Waals surface area (Å²) in [4.78, 5) is 19.6. The minimum Gasteiger partial charge on any atom is -0.337 e. The van der Waals surface area contributed by atoms with Gasteiger partial charge in [0.2, 0.25) is 5.91 Å². The minimum absolute atomic E-state index is 0.0285. The van der Waals surface area contributed by atoms with Gasteiger partial charge in [0.25, 0.3) is 0 Å². The molecule has 0 saturated carbocycles. The predicted octanol–water partition coefficient (Wildman–Crippen LogP) is 2.86. The number of nitrogens with zero attached hydrogens (tertiary/aromatic N) is 2. The molecule has 2 aromatic rings. The summed E-state index contributed by atoms with van der Waals surface area (Å²) in [7, 11) is 3.62. The van der Waals surface area contributed by atoms with Crippen LogP contribution < -0.4 is 5.32 Å². The van der Waals surface area contributed by atoms with Crippen molar-refractivity contribution in [1.82, 2.24) is 15.2 Å². The number of nitrogens with one attached hydrogen (secondary N) is 1. The SMILES string of the molecule is CNCC(=O)N(C)C(C)c1sc(-c2ccccc2)nc1C. The predicted molar refractivity (Wildman–Crippen MR) is 87.4 cm³/mol. The molecule has 2 rings (SSSR count). The first kappa shape index (κ1) is 15.7. The number of likely N-dealkylation sites (N-methyl/N-ethyl adjacent to an activating group) is 2. The second kappa shape index (κ2) is 6.83. The number of rotatable bonds is 5. The second-order valence-corrected chi connectivity index (χ2v) is 6.08. The molecule has 21 heavy (non-hydrogen) atoms. The Morgan fingerprint density at radius 2 is 2.05 bits per heavy atom. The summed E-state index contributed by atoms with van der Waals surface area (Å²) < 4.78 is 0. The Morgan fingerprint density at radius 3 is 2.67 bits per heavy atom. The molecule has 0 fully saturated rings. The molecule has 0 bridgehead atoms. The third-order valence-electron chi connectivity index (χ3n) is 3.53. The minimum atomic E-state index is 0.0285. The molecule has 0 aliphatic heterocycles. The molecule has 1 amide bonds. The van der Waals surface area contributed by atoms with Gasteiger partial charge in [0.05, 0.1) is 23.2 Å². The molecule has 4 nitrogen and oxygen atoms in total. The van der Waals surface area contributed by atoms with E-state index < -0.39 is 0 Å². The Bertz CT molecular complexity index is 609. The molecule has 0 aliphatic rings. The van der Waals surface area contributed by atoms with E-state index in [0.717, 1.165) is 21.1 Å². The largest absolute Gasteiger partial charge is 0.337 e. The molecule has 1 atom stereocenters. The Kier molecular flexibility index (Phi) is 5.09. The first-order valence-electron chi connectivity index (χ1n) is 6.97. The van der Waals surface area contributed by atoms with Crippen molar-refractivity contribution in [3.63, 3.8) is 0 Å². The lowest BCUT2D eigenvalue weighted by atomic mass is 10.2. The van der Waals surface area contributed by atoms with Crippen molar-refractivity contribution in [2.24, 2.45) is 0 Å². The molecule has 5 heteroatoms. The van der Waals surface area contributed by atoms with Crippen LogP contribution in [0.15, 0.2) is 30.3 Å². The standard InChI is InChI=1S/C16H21N3OS/c1-11-15(12(2)19(4)14(20)10-17-3)21-16(18-11)13-8-6-5-7-9-13/h5-9,12,17H,10H2,1-4H3. The van der Waals surface area contributed by atoms with E-state index in [1.54, 1.807) is 23.3 Å². The van der Waals surface area contributed by atoms with Crippen LogP contribution >= 0.6 is 11.3 Å². The number of carbonyl (C=O) groups excluding carboxylic acids is 1. The van der Waals surface area contributed by atoms with Crippen molar-refractivity contribution in [2.45, 2.75) is 19.9 Å². The summed E-state index contributed by atoms with van der Waals surface area (Å²) in [6.45, 7) is 4.40. The first-order valence-corrected chi connectivity index (χ1v) is 7.79. The van der Waals surface area contributed by atoms with Gasteiger partial charge in [-0.15, -0.1) is 11.3 Å². The number of aromatic nitrogens is 1. The monoisotopic (exact) mass is 303 g/mol. The van der Waals surface area contributed by atoms with Gasteiger partial charge in [0.1, 0.15) is 5.01 Å². The van der Waals surface area contributed by atoms with Gasteiger partial charge in [-0.05, 0) is 20.9 Å². The molecule has 1 heterocycles. The third-order valence-corrected chi connectivity index (χ3v) is 4.91. The van der Waals surface area contributed by atoms with Crippen LogP contribution in [0.2, 0.25) is 0 Å². The highest BCUT2D eigenvalue weighted by atomic mass is 32.1. The van der Waals surface area contributed by atoms with Crippen molar-refractivity contribution >= 4 is 17.2 Å². The summed E-state index contributed by atoms with van der Waals surface area (Å²) in [5.41, 5.74) is 2.11. The van der Waals surface area contributed by atoms with Gasteiger partial charge < -0.3 is 10.2 Å². The maximum absolute atomic E-state index is 12.0. The molecule has 112 valence electrons. The van der Waals surface area contributed by atoms with Gasteiger partial charge in [0.15, 0.2) is 0 Å². The number of thiazole rings is 1. The topological polar surface area (TPSA) is 45.2 Å². The number of carbonyl (C=O) groups is 1. The molecule has 1 aromatic heterocycles. The van der Waals surface area contributed by atoms with E-state index in [9.17, 15) is 4.79 Å². The zero-order valence-corrected chi connectivity index (χ0v) is 13.7. The second-order valence-electron chi connectivity index (χ2n) is 5.05. The zero-order valence-electron chi connectivity index (χ0n) is 12.9. The number of aryl methyl sites for hydroxylation is 1. The van der Waals surface area contributed by atoms with Gasteiger partial charge in [-0.3, -0.25) is 4.79 Å². The number of amides is 1. The molecule has 0 aliphatic carbocycles. The molecule has 1 N–H and O–H groups in total. The van der Waals surface area contributed by atoms with E-state index in [-0.39, 0.29) is 11.9 Å². The summed E-state index contributed by atoms with van der Waals surface area (Å²) in [6, 6.07) is 10.2. The van der Waals surface area contributed by atoms with Crippen LogP contribution in [-0.2, 0) is 4.79 Å². The molecule has 1 aromatic carbocycles. The molecule has 0 radical (unpaired) electrons. The maximum Gasteiger partial charge on any atom is 0.236 e. The number of hydrogen-bond acceptors (Lipinski definition) is 4. The average Bonchev–Trinajstić information content (AvgIpc) is 2.89. The maximum atomic E-state index is 12.0. The Labute approximate surface area is 129 Å². The van der Waals surface area contributed by atoms with E-state index in [1.807, 2.05) is 39.1 Å². The van der Waals surface area contributed by atoms with Gasteiger partial charge in [-0.2, -0.15) is 0 Å². The molecule has 0 saturated heterocycles. The van der Waals surface area contributed by atoms with Crippen LogP contribution in [-0.4, -0.2) is 36.4 Å². The van der Waals surface area contributed by atoms with Crippen molar-refractivity contribution in [1.29, 1.82) is 0 Å². The van der Waals surface area contributed by atoms with Crippen molar-refractivity contribution in [3.8, 4) is 10.6 Å². The van der Waals surface area contributed by atoms with E-state index in [0.29, 0.717) is 6.54 Å². The van der Waals surface area contributed by atoms with Crippen LogP contribution in [0.1, 0.15) is 23.5 Å². The van der Waals surface area contributed by atoms with Crippen molar-refractivity contribution in [3.05, 3.63) is 40.9 Å². The fourth-order valence-electron chi connectivity index (χ4n) is 2.17. The Balaban J connectivity index is 2.25. The van der Waals surface area contributed by atoms with E-state index in [4.69, 9.17) is 0 Å². The fourth-order valence-corrected chi connectivity index (χ4v) is 3.33. The van der Waals surface area contributed by atoms with Crippen LogP contribution in [0.25, 0.3) is 10.6 Å². The highest BCUT2D eigenvalue weighted by Crippen LogP contribution is 2.33. The smallest absolute Gasteiger partial charge is 0.236 e. The highest BCUT2D eigenvalue weighted by Gasteiger charge is 2.21. The lowest BCUT2D eigenvalue weighted by Gasteiger charge is -2.24. The highest BCUT2D eigenvalue weighted by molar-refractivity contribution is 7.15. The molecule has 1 unspecified atom stereocenters. The van der Waals surface area contributed by atoms with Crippen LogP contribution in [0.3, 0.4) is 0 Å². The summed E-state index contributed by atoms with van der Waals surface area (Å²) in [5.74, 6) is 0.0825. The van der Waals surface area contributed by atoms with Crippen molar-refractivity contribution < 1.29 is 4.79 Å².